The lowest BCUT2D eigenvalue weighted by Crippen LogP contribution is -2.62. The maximum Gasteiger partial charge on any atom is 0.263 e. The van der Waals surface area contributed by atoms with Gasteiger partial charge in [0, 0.05) is 87.9 Å². The van der Waals surface area contributed by atoms with Crippen LogP contribution in [0.3, 0.4) is 0 Å². The van der Waals surface area contributed by atoms with E-state index >= 15 is 0 Å². The molecule has 2 aromatic carbocycles. The molecule has 310 valence electrons. The van der Waals surface area contributed by atoms with Crippen molar-refractivity contribution in [3.8, 4) is 0 Å². The Labute approximate surface area is 341 Å². The van der Waals surface area contributed by atoms with Gasteiger partial charge in [0.05, 0.1) is 18.2 Å². The Kier molecular flexibility index (Phi) is 14.1. The summed E-state index contributed by atoms with van der Waals surface area (Å²) in [6.45, 7) is 13.0. The van der Waals surface area contributed by atoms with Crippen LogP contribution in [0.4, 0.5) is 0 Å². The normalized spacial score (nSPS) is 21.1. The topological polar surface area (TPSA) is 156 Å². The fourth-order valence-electron chi connectivity index (χ4n) is 8.17. The molecule has 2 fully saturated rings. The van der Waals surface area contributed by atoms with Crippen LogP contribution < -0.4 is 15.2 Å². The molecule has 0 unspecified atom stereocenters. The monoisotopic (exact) mass is 795 g/mol. The van der Waals surface area contributed by atoms with E-state index in [0.29, 0.717) is 64.2 Å². The van der Waals surface area contributed by atoms with E-state index in [9.17, 15) is 29.4 Å². The standard InChI is InChI=1S/C45H58N6O7/c1-31(58-51-40(54)18-19-41(51)55)12-10-20-48-21-11-15-33(27-48)28-49-22-23-50(38(30-49)44(57)47-45(2,3)4)29-36(52)25-35(24-32-13-6-5-7-14-32)43(56)46-42-37-17-9-8-16-34(37)26-39(42)53/h5-9,11,13-17,21,27,35-36,38-39,42,52-53H,1,10,12,18-20,22-26,28-30H2,2-4H3,(H-,46,47,56,57)/p+1/t35-,36+,38+,39-,42+/m1/s1. The number of nitrogens with one attached hydrogen (secondary N) is 2. The van der Waals surface area contributed by atoms with Crippen molar-refractivity contribution in [2.75, 3.05) is 26.2 Å². The Morgan fingerprint density at radius 2 is 1.69 bits per heavy atom. The number of allylic oxidation sites excluding steroid dienone is 1. The van der Waals surface area contributed by atoms with E-state index in [2.05, 4.69) is 38.9 Å². The molecule has 58 heavy (non-hydrogen) atoms. The molecule has 3 heterocycles. The fourth-order valence-corrected chi connectivity index (χ4v) is 8.17. The number of amides is 4. The van der Waals surface area contributed by atoms with Crippen molar-refractivity contribution >= 4 is 23.6 Å². The number of nitrogens with zero attached hydrogens (tertiary/aromatic N) is 4. The number of benzene rings is 2. The van der Waals surface area contributed by atoms with Gasteiger partial charge in [0.15, 0.2) is 12.4 Å². The molecule has 0 radical (unpaired) electrons. The van der Waals surface area contributed by atoms with Crippen LogP contribution >= 0.6 is 0 Å². The Bertz CT molecular complexity index is 1920. The molecule has 2 aliphatic heterocycles. The Balaban J connectivity index is 1.07. The number of piperazine rings is 1. The number of rotatable bonds is 17. The number of hydroxylamine groups is 2. The summed E-state index contributed by atoms with van der Waals surface area (Å²) in [6, 6.07) is 20.5. The molecule has 13 heteroatoms. The number of imide groups is 1. The SMILES string of the molecule is C=C(CCC[n+]1cccc(CN2CCN(C[C@@H](O)C[C@@H](Cc3ccccc3)C(=O)N[C@H]3c4ccccc4C[C@H]3O)[C@H](C(=O)NC(C)(C)C)C2)c1)ON1C(=O)CCC1=O. The van der Waals surface area contributed by atoms with Gasteiger partial charge >= 0.3 is 0 Å². The molecule has 13 nitrogen and oxygen atoms in total. The molecule has 4 amide bonds. The molecule has 4 N–H and O–H groups in total. The van der Waals surface area contributed by atoms with Crippen LogP contribution in [-0.2, 0) is 49.9 Å². The molecule has 0 spiro atoms. The Morgan fingerprint density at radius 3 is 2.43 bits per heavy atom. The second-order valence-electron chi connectivity index (χ2n) is 17.0. The quantitative estimate of drug-likeness (QED) is 0.0917. The number of β-amino-alcohol motifs (C(OH)–C–C–N with tert-alkyl or cyclic N) is 1. The molecule has 1 aromatic heterocycles. The van der Waals surface area contributed by atoms with Gasteiger partial charge in [0.2, 0.25) is 11.8 Å². The van der Waals surface area contributed by atoms with E-state index in [1.54, 1.807) is 0 Å². The third-order valence-corrected chi connectivity index (χ3v) is 11.0. The maximum absolute atomic E-state index is 14.0. The fraction of sp³-hybridized carbons (Fsp3) is 0.489. The van der Waals surface area contributed by atoms with E-state index in [1.807, 2.05) is 92.5 Å². The number of pyridine rings is 1. The van der Waals surface area contributed by atoms with Gasteiger partial charge in [-0.3, -0.25) is 29.0 Å². The van der Waals surface area contributed by atoms with Crippen molar-refractivity contribution in [2.45, 2.75) is 109 Å². The minimum Gasteiger partial charge on any atom is -0.392 e. The Morgan fingerprint density at radius 1 is 0.983 bits per heavy atom. The predicted molar refractivity (Wildman–Crippen MR) is 217 cm³/mol. The number of hydrogen-bond acceptors (Lipinski definition) is 9. The minimum atomic E-state index is -0.886. The third-order valence-electron chi connectivity index (χ3n) is 11.0. The average Bonchev–Trinajstić information content (AvgIpc) is 3.67. The third kappa shape index (κ3) is 11.6. The highest BCUT2D eigenvalue weighted by atomic mass is 16.7. The van der Waals surface area contributed by atoms with E-state index in [1.165, 1.54) is 0 Å². The van der Waals surface area contributed by atoms with E-state index < -0.39 is 35.7 Å². The summed E-state index contributed by atoms with van der Waals surface area (Å²) in [7, 11) is 0. The van der Waals surface area contributed by atoms with Gasteiger partial charge in [-0.1, -0.05) is 61.2 Å². The van der Waals surface area contributed by atoms with Gasteiger partial charge in [-0.2, -0.15) is 0 Å². The molecule has 3 aliphatic rings. The first-order chi connectivity index (χ1) is 27.7. The zero-order valence-electron chi connectivity index (χ0n) is 34.0. The van der Waals surface area contributed by atoms with Crippen LogP contribution in [0.15, 0.2) is 91.5 Å². The van der Waals surface area contributed by atoms with Crippen molar-refractivity contribution in [1.82, 2.24) is 25.5 Å². The first-order valence-corrected chi connectivity index (χ1v) is 20.5. The number of aliphatic hydroxyl groups excluding tert-OH is 2. The summed E-state index contributed by atoms with van der Waals surface area (Å²) < 4.78 is 2.08. The highest BCUT2D eigenvalue weighted by molar-refractivity contribution is 6.00. The summed E-state index contributed by atoms with van der Waals surface area (Å²) in [6.07, 6.45) is 5.05. The number of aliphatic hydroxyl groups is 2. The van der Waals surface area contributed by atoms with E-state index in [4.69, 9.17) is 4.84 Å². The van der Waals surface area contributed by atoms with E-state index in [0.717, 1.165) is 27.3 Å². The van der Waals surface area contributed by atoms with Gasteiger partial charge in [0.1, 0.15) is 18.3 Å². The zero-order chi connectivity index (χ0) is 41.4. The van der Waals surface area contributed by atoms with Crippen LogP contribution in [-0.4, -0.2) is 98.7 Å². The van der Waals surface area contributed by atoms with E-state index in [-0.39, 0.29) is 49.4 Å². The van der Waals surface area contributed by atoms with Crippen LogP contribution in [0.2, 0.25) is 0 Å². The van der Waals surface area contributed by atoms with Gasteiger partial charge in [0.25, 0.3) is 11.8 Å². The lowest BCUT2D eigenvalue weighted by molar-refractivity contribution is -0.697. The summed E-state index contributed by atoms with van der Waals surface area (Å²) in [5.74, 6) is -1.21. The second-order valence-corrected chi connectivity index (χ2v) is 17.0. The molecule has 2 saturated heterocycles. The van der Waals surface area contributed by atoms with Gasteiger partial charge in [-0.25, -0.2) is 4.57 Å². The van der Waals surface area contributed by atoms with Gasteiger partial charge in [-0.05, 0) is 56.4 Å². The lowest BCUT2D eigenvalue weighted by Gasteiger charge is -2.42. The van der Waals surface area contributed by atoms with Crippen molar-refractivity contribution in [3.05, 3.63) is 114 Å². The van der Waals surface area contributed by atoms with Crippen LogP contribution in [0.1, 0.15) is 81.2 Å². The first-order valence-electron chi connectivity index (χ1n) is 20.5. The van der Waals surface area contributed by atoms with Crippen molar-refractivity contribution in [2.24, 2.45) is 5.92 Å². The summed E-state index contributed by atoms with van der Waals surface area (Å²) in [5.41, 5.74) is 3.55. The molecule has 1 aliphatic carbocycles. The molecule has 0 bridgehead atoms. The molecule has 5 atom stereocenters. The molecule has 0 saturated carbocycles. The van der Waals surface area contributed by atoms with Crippen molar-refractivity contribution in [3.63, 3.8) is 0 Å². The molecular formula is C45H59N6O7+. The van der Waals surface area contributed by atoms with Crippen LogP contribution in [0.25, 0.3) is 0 Å². The zero-order valence-corrected chi connectivity index (χ0v) is 34.0. The molecular weight excluding hydrogens is 737 g/mol. The first kappa shape index (κ1) is 42.7. The number of carbonyl (C=O) groups is 4. The average molecular weight is 796 g/mol. The number of aryl methyl sites for hydroxylation is 1. The molecule has 6 rings (SSSR count). The summed E-state index contributed by atoms with van der Waals surface area (Å²) in [5, 5.41) is 29.6. The summed E-state index contributed by atoms with van der Waals surface area (Å²) >= 11 is 0. The number of hydrogen-bond donors (Lipinski definition) is 4. The predicted octanol–water partition coefficient (Wildman–Crippen LogP) is 3.13. The highest BCUT2D eigenvalue weighted by Crippen LogP contribution is 2.32. The van der Waals surface area contributed by atoms with Gasteiger partial charge < -0.3 is 25.7 Å². The largest absolute Gasteiger partial charge is 0.392 e. The second kappa shape index (κ2) is 19.2. The van der Waals surface area contributed by atoms with Crippen LogP contribution in [0, 0.1) is 5.92 Å². The smallest absolute Gasteiger partial charge is 0.263 e. The van der Waals surface area contributed by atoms with Gasteiger partial charge in [-0.15, -0.1) is 5.06 Å². The maximum atomic E-state index is 14.0. The Hall–Kier alpha value is -4.95. The van der Waals surface area contributed by atoms with Crippen LogP contribution in [0.5, 0.6) is 0 Å². The number of fused-ring (bicyclic) bond motifs is 1. The summed E-state index contributed by atoms with van der Waals surface area (Å²) in [4.78, 5) is 61.3. The lowest BCUT2D eigenvalue weighted by atomic mass is 9.91. The number of carbonyl (C=O) groups excluding carboxylic acids is 4. The number of aromatic nitrogens is 1. The van der Waals surface area contributed by atoms with Crippen molar-refractivity contribution < 1.29 is 38.8 Å². The minimum absolute atomic E-state index is 0.111. The highest BCUT2D eigenvalue weighted by Gasteiger charge is 2.38. The molecule has 3 aromatic rings. The van der Waals surface area contributed by atoms with Crippen molar-refractivity contribution in [1.29, 1.82) is 0 Å².